The maximum atomic E-state index is 13.9. The van der Waals surface area contributed by atoms with Crippen LogP contribution in [0.2, 0.25) is 0 Å². The molecule has 0 N–H and O–H groups in total. The minimum Gasteiger partial charge on any atom is -0.313 e. The molecule has 10 heteroatoms. The number of nitrogens with zero attached hydrogens (tertiary/aromatic N) is 2. The van der Waals surface area contributed by atoms with Gasteiger partial charge in [-0.25, -0.2) is 0 Å². The van der Waals surface area contributed by atoms with E-state index in [1.807, 2.05) is 0 Å². The van der Waals surface area contributed by atoms with Crippen LogP contribution in [0.15, 0.2) is 53.5 Å². The van der Waals surface area contributed by atoms with Crippen molar-refractivity contribution in [3.8, 4) is 0 Å². The Labute approximate surface area is 211 Å². The normalized spacial score (nSPS) is 21.8. The Morgan fingerprint density at radius 2 is 1.68 bits per heavy atom. The molecular weight excluding hydrogens is 498 g/mol. The fourth-order valence-corrected chi connectivity index (χ4v) is 5.03. The lowest BCUT2D eigenvalue weighted by Crippen LogP contribution is -2.53. The first-order valence-electron chi connectivity index (χ1n) is 11.9. The van der Waals surface area contributed by atoms with E-state index in [0.717, 1.165) is 12.1 Å². The molecule has 2 aromatic rings. The summed E-state index contributed by atoms with van der Waals surface area (Å²) in [6.45, 7) is 3.31. The molecule has 1 amide bonds. The molecule has 3 atom stereocenters. The number of aldehydes is 1. The molecule has 1 aliphatic rings. The van der Waals surface area contributed by atoms with Crippen molar-refractivity contribution in [1.29, 1.82) is 0 Å². The second kappa shape index (κ2) is 11.1. The molecule has 1 aliphatic carbocycles. The van der Waals surface area contributed by atoms with Crippen molar-refractivity contribution in [1.82, 2.24) is 4.90 Å². The Hall–Kier alpha value is -3.17. The fourth-order valence-electron chi connectivity index (χ4n) is 5.03. The van der Waals surface area contributed by atoms with Crippen molar-refractivity contribution in [2.24, 2.45) is 10.9 Å². The van der Waals surface area contributed by atoms with Gasteiger partial charge in [-0.3, -0.25) is 14.6 Å². The summed E-state index contributed by atoms with van der Waals surface area (Å²) in [5, 5.41) is 0. The number of hydrogen-bond acceptors (Lipinski definition) is 3. The van der Waals surface area contributed by atoms with E-state index < -0.39 is 42.0 Å². The van der Waals surface area contributed by atoms with Crippen LogP contribution in [0.1, 0.15) is 79.0 Å². The van der Waals surface area contributed by atoms with Gasteiger partial charge in [0.05, 0.1) is 17.5 Å². The third-order valence-electron chi connectivity index (χ3n) is 6.95. The summed E-state index contributed by atoms with van der Waals surface area (Å²) in [5.41, 5.74) is -0.817. The molecule has 0 spiro atoms. The molecule has 2 aromatic carbocycles. The van der Waals surface area contributed by atoms with Crippen LogP contribution in [-0.2, 0) is 11.0 Å². The Bertz CT molecular complexity index is 1110. The van der Waals surface area contributed by atoms with E-state index in [2.05, 4.69) is 4.99 Å². The molecule has 0 saturated heterocycles. The average Bonchev–Trinajstić information content (AvgIpc) is 2.86. The topological polar surface area (TPSA) is 49.7 Å². The predicted octanol–water partition coefficient (Wildman–Crippen LogP) is 7.39. The van der Waals surface area contributed by atoms with Gasteiger partial charge in [0.15, 0.2) is 0 Å². The Balaban J connectivity index is 2.11. The number of rotatable bonds is 8. The zero-order chi connectivity index (χ0) is 27.4. The standard InChI is InChI=1S/C27H28F6N2O2/c1-3-24(21-8-6-19(16-36)7-9-21)35(17-37)25(14-4-5-23(15-25)27(31,32)33)34-18(2)20-10-12-22(13-11-20)26(28,29)30/h6-13,16-17,23-24H,3-5,14-15H2,1-2H3/b34-18+. The Morgan fingerprint density at radius 1 is 1.05 bits per heavy atom. The molecule has 3 unspecified atom stereocenters. The molecule has 4 nitrogen and oxygen atoms in total. The summed E-state index contributed by atoms with van der Waals surface area (Å²) in [4.78, 5) is 29.6. The van der Waals surface area contributed by atoms with Crippen LogP contribution >= 0.6 is 0 Å². The highest BCUT2D eigenvalue weighted by atomic mass is 19.4. The van der Waals surface area contributed by atoms with E-state index in [9.17, 15) is 35.9 Å². The molecule has 0 radical (unpaired) electrons. The van der Waals surface area contributed by atoms with E-state index in [-0.39, 0.29) is 25.0 Å². The van der Waals surface area contributed by atoms with Crippen molar-refractivity contribution in [3.63, 3.8) is 0 Å². The minimum atomic E-state index is -4.53. The van der Waals surface area contributed by atoms with Gasteiger partial charge in [0.25, 0.3) is 0 Å². The summed E-state index contributed by atoms with van der Waals surface area (Å²) in [6, 6.07) is 10.0. The van der Waals surface area contributed by atoms with E-state index in [1.54, 1.807) is 31.2 Å². The van der Waals surface area contributed by atoms with Gasteiger partial charge in [0, 0.05) is 17.7 Å². The molecule has 0 aliphatic heterocycles. The molecule has 0 aromatic heterocycles. The van der Waals surface area contributed by atoms with Crippen molar-refractivity contribution < 1.29 is 35.9 Å². The summed E-state index contributed by atoms with van der Waals surface area (Å²) in [7, 11) is 0. The van der Waals surface area contributed by atoms with Crippen molar-refractivity contribution in [3.05, 3.63) is 70.8 Å². The number of carbonyl (C=O) groups excluding carboxylic acids is 2. The fraction of sp³-hybridized carbons (Fsp3) is 0.444. The maximum absolute atomic E-state index is 13.9. The van der Waals surface area contributed by atoms with E-state index in [1.165, 1.54) is 24.0 Å². The number of aliphatic imine (C=N–C) groups is 1. The minimum absolute atomic E-state index is 0.0996. The maximum Gasteiger partial charge on any atom is 0.416 e. The van der Waals surface area contributed by atoms with Crippen LogP contribution in [0.4, 0.5) is 26.3 Å². The van der Waals surface area contributed by atoms with Crippen LogP contribution in [0.5, 0.6) is 0 Å². The first kappa shape index (κ1) is 28.4. The zero-order valence-corrected chi connectivity index (χ0v) is 20.4. The van der Waals surface area contributed by atoms with Gasteiger partial charge in [-0.05, 0) is 55.9 Å². The van der Waals surface area contributed by atoms with Crippen LogP contribution in [-0.4, -0.2) is 35.1 Å². The summed E-state index contributed by atoms with van der Waals surface area (Å²) in [6.07, 6.45) is -7.72. The SMILES string of the molecule is CCC(c1ccc(C=O)cc1)N(C=O)C1(/N=C(\C)c2ccc(C(F)(F)F)cc2)CCCC(C(F)(F)F)C1. The zero-order valence-electron chi connectivity index (χ0n) is 20.4. The Morgan fingerprint density at radius 3 is 2.16 bits per heavy atom. The third-order valence-corrected chi connectivity index (χ3v) is 6.95. The number of amides is 1. The average molecular weight is 527 g/mol. The number of hydrogen-bond donors (Lipinski definition) is 0. The first-order valence-corrected chi connectivity index (χ1v) is 11.9. The van der Waals surface area contributed by atoms with Gasteiger partial charge >= 0.3 is 12.4 Å². The summed E-state index contributed by atoms with van der Waals surface area (Å²) >= 11 is 0. The van der Waals surface area contributed by atoms with Gasteiger partial charge in [-0.1, -0.05) is 43.3 Å². The largest absolute Gasteiger partial charge is 0.416 e. The smallest absolute Gasteiger partial charge is 0.313 e. The molecule has 37 heavy (non-hydrogen) atoms. The summed E-state index contributed by atoms with van der Waals surface area (Å²) < 4.78 is 80.6. The van der Waals surface area contributed by atoms with Crippen molar-refractivity contribution >= 4 is 18.4 Å². The second-order valence-electron chi connectivity index (χ2n) is 9.31. The highest BCUT2D eigenvalue weighted by molar-refractivity contribution is 5.99. The molecule has 0 bridgehead atoms. The molecule has 1 fully saturated rings. The lowest BCUT2D eigenvalue weighted by Gasteiger charge is -2.48. The van der Waals surface area contributed by atoms with Crippen LogP contribution in [0.25, 0.3) is 0 Å². The molecule has 0 heterocycles. The lowest BCUT2D eigenvalue weighted by molar-refractivity contribution is -0.195. The Kier molecular flexibility index (Phi) is 8.49. The summed E-state index contributed by atoms with van der Waals surface area (Å²) in [5.74, 6) is -1.69. The van der Waals surface area contributed by atoms with Crippen LogP contribution < -0.4 is 0 Å². The number of benzene rings is 2. The van der Waals surface area contributed by atoms with Gasteiger partial charge < -0.3 is 4.90 Å². The third kappa shape index (κ3) is 6.40. The van der Waals surface area contributed by atoms with Gasteiger partial charge in [-0.2, -0.15) is 26.3 Å². The second-order valence-corrected chi connectivity index (χ2v) is 9.31. The van der Waals surface area contributed by atoms with Gasteiger partial charge in [0.1, 0.15) is 11.9 Å². The lowest BCUT2D eigenvalue weighted by atomic mass is 9.78. The van der Waals surface area contributed by atoms with E-state index >= 15 is 0 Å². The first-order chi connectivity index (χ1) is 17.3. The number of alkyl halides is 6. The van der Waals surface area contributed by atoms with E-state index in [0.29, 0.717) is 35.8 Å². The van der Waals surface area contributed by atoms with Crippen LogP contribution in [0, 0.1) is 5.92 Å². The van der Waals surface area contributed by atoms with Gasteiger partial charge in [-0.15, -0.1) is 0 Å². The van der Waals surface area contributed by atoms with Crippen molar-refractivity contribution in [2.45, 2.75) is 70.0 Å². The number of carbonyl (C=O) groups is 2. The van der Waals surface area contributed by atoms with E-state index in [4.69, 9.17) is 0 Å². The van der Waals surface area contributed by atoms with Gasteiger partial charge in [0.2, 0.25) is 6.41 Å². The monoisotopic (exact) mass is 526 g/mol. The molecular formula is C27H28F6N2O2. The molecule has 1 saturated carbocycles. The van der Waals surface area contributed by atoms with Crippen molar-refractivity contribution in [2.75, 3.05) is 0 Å². The predicted molar refractivity (Wildman–Crippen MR) is 127 cm³/mol. The molecule has 200 valence electrons. The highest BCUT2D eigenvalue weighted by Crippen LogP contribution is 2.47. The van der Waals surface area contributed by atoms with Crippen LogP contribution in [0.3, 0.4) is 0 Å². The number of halogens is 6. The quantitative estimate of drug-likeness (QED) is 0.205. The molecule has 3 rings (SSSR count). The highest BCUT2D eigenvalue weighted by Gasteiger charge is 2.51.